The Hall–Kier alpha value is -1.07. The maximum absolute atomic E-state index is 10.3. The summed E-state index contributed by atoms with van der Waals surface area (Å²) in [4.78, 5) is 10.7. The van der Waals surface area contributed by atoms with Crippen molar-refractivity contribution in [3.63, 3.8) is 0 Å². The highest BCUT2D eigenvalue weighted by molar-refractivity contribution is 7.98. The van der Waals surface area contributed by atoms with E-state index in [-0.39, 0.29) is 6.42 Å². The molecule has 0 heterocycles. The number of carboxylic acids is 1. The van der Waals surface area contributed by atoms with Crippen molar-refractivity contribution in [2.75, 3.05) is 5.75 Å². The van der Waals surface area contributed by atoms with E-state index in [1.165, 1.54) is 5.56 Å². The number of carboxylic acid groups (broad SMARTS) is 1. The third kappa shape index (κ3) is 5.70. The van der Waals surface area contributed by atoms with Gasteiger partial charge in [0.25, 0.3) is 0 Å². The molecule has 1 rings (SSSR count). The van der Waals surface area contributed by atoms with Gasteiger partial charge in [-0.3, -0.25) is 4.79 Å². The van der Waals surface area contributed by atoms with Crippen LogP contribution in [-0.2, 0) is 10.5 Å². The average Bonchev–Trinajstić information content (AvgIpc) is 2.29. The number of hydrogen-bond acceptors (Lipinski definition) is 3. The number of aliphatic carboxylic acids is 1. The summed E-state index contributed by atoms with van der Waals surface area (Å²) in [5.41, 5.74) is 7.58. The second-order valence-electron chi connectivity index (χ2n) is 3.61. The van der Waals surface area contributed by atoms with Crippen molar-refractivity contribution in [3.8, 4) is 0 Å². The lowest BCUT2D eigenvalue weighted by Crippen LogP contribution is -2.08. The molecule has 0 aromatic heterocycles. The lowest BCUT2D eigenvalue weighted by atomic mass is 10.1. The first-order valence-electron chi connectivity index (χ1n) is 5.28. The monoisotopic (exact) mass is 269 g/mol. The molecule has 0 aliphatic rings. The summed E-state index contributed by atoms with van der Waals surface area (Å²) in [5, 5.41) is 8.48. The number of nitrogens with two attached hydrogens (primary N) is 1. The second-order valence-corrected chi connectivity index (χ2v) is 5.16. The second kappa shape index (κ2) is 7.29. The molecular weight excluding hydrogens is 254 g/mol. The maximum atomic E-state index is 10.3. The van der Waals surface area contributed by atoms with Crippen LogP contribution in [0.25, 0.3) is 0 Å². The van der Waals surface area contributed by atoms with Crippen LogP contribution >= 0.6 is 24.0 Å². The maximum Gasteiger partial charge on any atom is 0.303 e. The van der Waals surface area contributed by atoms with Gasteiger partial charge in [-0.25, -0.2) is 0 Å². The molecule has 0 bridgehead atoms. The highest BCUT2D eigenvalue weighted by atomic mass is 32.2. The van der Waals surface area contributed by atoms with Gasteiger partial charge in [-0.2, -0.15) is 11.8 Å². The first-order valence-corrected chi connectivity index (χ1v) is 6.84. The van der Waals surface area contributed by atoms with Gasteiger partial charge in [-0.05, 0) is 17.7 Å². The summed E-state index contributed by atoms with van der Waals surface area (Å²) >= 11 is 6.60. The van der Waals surface area contributed by atoms with Crippen LogP contribution in [0, 0.1) is 0 Å². The SMILES string of the molecule is NC(=S)c1ccc(CSCCCC(=O)O)cc1. The molecule has 1 aromatic rings. The van der Waals surface area contributed by atoms with Crippen LogP contribution in [0.3, 0.4) is 0 Å². The Balaban J connectivity index is 2.27. The van der Waals surface area contributed by atoms with Crippen LogP contribution in [0.4, 0.5) is 0 Å². The first-order chi connectivity index (χ1) is 8.09. The fraction of sp³-hybridized carbons (Fsp3) is 0.333. The van der Waals surface area contributed by atoms with E-state index in [4.69, 9.17) is 23.1 Å². The van der Waals surface area contributed by atoms with Crippen LogP contribution in [0.1, 0.15) is 24.0 Å². The Bertz CT molecular complexity index is 390. The largest absolute Gasteiger partial charge is 0.481 e. The molecule has 5 heteroatoms. The predicted molar refractivity (Wildman–Crippen MR) is 75.4 cm³/mol. The van der Waals surface area contributed by atoms with Gasteiger partial charge < -0.3 is 10.8 Å². The van der Waals surface area contributed by atoms with E-state index in [9.17, 15) is 4.79 Å². The molecular formula is C12H15NO2S2. The summed E-state index contributed by atoms with van der Waals surface area (Å²) in [6, 6.07) is 7.82. The van der Waals surface area contributed by atoms with E-state index < -0.39 is 5.97 Å². The minimum absolute atomic E-state index is 0.243. The standard InChI is InChI=1S/C12H15NO2S2/c13-12(16)10-5-3-9(4-6-10)8-17-7-1-2-11(14)15/h3-6H,1-2,7-8H2,(H2,13,16)(H,14,15). The van der Waals surface area contributed by atoms with E-state index in [2.05, 4.69) is 0 Å². The third-order valence-electron chi connectivity index (χ3n) is 2.19. The molecule has 0 aliphatic carbocycles. The summed E-state index contributed by atoms with van der Waals surface area (Å²) < 4.78 is 0. The van der Waals surface area contributed by atoms with Crippen molar-refractivity contribution in [1.82, 2.24) is 0 Å². The van der Waals surface area contributed by atoms with Gasteiger partial charge in [0.2, 0.25) is 0 Å². The number of hydrogen-bond donors (Lipinski definition) is 2. The summed E-state index contributed by atoms with van der Waals surface area (Å²) in [5.74, 6) is 1.02. The molecule has 0 amide bonds. The van der Waals surface area contributed by atoms with Gasteiger partial charge in [0.15, 0.2) is 0 Å². The Morgan fingerprint density at radius 2 is 2.00 bits per heavy atom. The first kappa shape index (κ1) is 14.0. The highest BCUT2D eigenvalue weighted by Gasteiger charge is 1.99. The lowest BCUT2D eigenvalue weighted by Gasteiger charge is -2.03. The Kier molecular flexibility index (Phi) is 6.00. The van der Waals surface area contributed by atoms with Gasteiger partial charge >= 0.3 is 5.97 Å². The van der Waals surface area contributed by atoms with Gasteiger partial charge in [0, 0.05) is 17.7 Å². The van der Waals surface area contributed by atoms with E-state index in [0.29, 0.717) is 11.4 Å². The quantitative estimate of drug-likeness (QED) is 0.588. The molecule has 17 heavy (non-hydrogen) atoms. The highest BCUT2D eigenvalue weighted by Crippen LogP contribution is 2.14. The Morgan fingerprint density at radius 1 is 1.35 bits per heavy atom. The molecule has 1 aromatic carbocycles. The summed E-state index contributed by atoms with van der Waals surface area (Å²) in [6.45, 7) is 0. The van der Waals surface area contributed by atoms with Gasteiger partial charge in [-0.15, -0.1) is 0 Å². The number of benzene rings is 1. The summed E-state index contributed by atoms with van der Waals surface area (Å²) in [7, 11) is 0. The molecule has 0 atom stereocenters. The topological polar surface area (TPSA) is 63.3 Å². The van der Waals surface area contributed by atoms with Gasteiger partial charge in [0.05, 0.1) is 0 Å². The van der Waals surface area contributed by atoms with Gasteiger partial charge in [-0.1, -0.05) is 36.5 Å². The van der Waals surface area contributed by atoms with Gasteiger partial charge in [0.1, 0.15) is 4.99 Å². The fourth-order valence-electron chi connectivity index (χ4n) is 1.28. The van der Waals surface area contributed by atoms with Crippen molar-refractivity contribution in [3.05, 3.63) is 35.4 Å². The Labute approximate surface area is 110 Å². The third-order valence-corrected chi connectivity index (χ3v) is 3.54. The molecule has 3 nitrogen and oxygen atoms in total. The zero-order valence-corrected chi connectivity index (χ0v) is 11.0. The number of thiocarbonyl (C=S) groups is 1. The molecule has 0 saturated carbocycles. The molecule has 3 N–H and O–H groups in total. The van der Waals surface area contributed by atoms with E-state index >= 15 is 0 Å². The fourth-order valence-corrected chi connectivity index (χ4v) is 2.34. The van der Waals surface area contributed by atoms with Crippen LogP contribution in [0.15, 0.2) is 24.3 Å². The molecule has 0 saturated heterocycles. The predicted octanol–water partition coefficient (Wildman–Crippen LogP) is 2.42. The smallest absolute Gasteiger partial charge is 0.303 e. The zero-order chi connectivity index (χ0) is 12.7. The van der Waals surface area contributed by atoms with Crippen LogP contribution in [0.5, 0.6) is 0 Å². The lowest BCUT2D eigenvalue weighted by molar-refractivity contribution is -0.137. The molecule has 0 fully saturated rings. The Morgan fingerprint density at radius 3 is 2.53 bits per heavy atom. The molecule has 92 valence electrons. The van der Waals surface area contributed by atoms with E-state index in [1.807, 2.05) is 24.3 Å². The molecule has 0 aliphatic heterocycles. The summed E-state index contributed by atoms with van der Waals surface area (Å²) in [6.07, 6.45) is 0.957. The van der Waals surface area contributed by atoms with Crippen molar-refractivity contribution < 1.29 is 9.90 Å². The number of rotatable bonds is 7. The molecule has 0 unspecified atom stereocenters. The van der Waals surface area contributed by atoms with Crippen LogP contribution in [0.2, 0.25) is 0 Å². The van der Waals surface area contributed by atoms with E-state index in [1.54, 1.807) is 11.8 Å². The van der Waals surface area contributed by atoms with Crippen molar-refractivity contribution >= 4 is 34.9 Å². The van der Waals surface area contributed by atoms with Crippen molar-refractivity contribution in [2.45, 2.75) is 18.6 Å². The zero-order valence-electron chi connectivity index (χ0n) is 9.39. The van der Waals surface area contributed by atoms with Crippen molar-refractivity contribution in [2.24, 2.45) is 5.73 Å². The van der Waals surface area contributed by atoms with E-state index in [0.717, 1.165) is 17.1 Å². The number of thioether (sulfide) groups is 1. The normalized spacial score (nSPS) is 10.1. The molecule has 0 spiro atoms. The minimum Gasteiger partial charge on any atom is -0.481 e. The number of carbonyl (C=O) groups is 1. The molecule has 0 radical (unpaired) electrons. The minimum atomic E-state index is -0.730. The van der Waals surface area contributed by atoms with Crippen LogP contribution in [-0.4, -0.2) is 21.8 Å². The average molecular weight is 269 g/mol. The van der Waals surface area contributed by atoms with Crippen LogP contribution < -0.4 is 5.73 Å². The van der Waals surface area contributed by atoms with Crippen molar-refractivity contribution in [1.29, 1.82) is 0 Å².